The number of halogens is 1. The predicted octanol–water partition coefficient (Wildman–Crippen LogP) is 5.81. The van der Waals surface area contributed by atoms with Gasteiger partial charge in [0.15, 0.2) is 13.6 Å². The first-order chi connectivity index (χ1) is 16.7. The second kappa shape index (κ2) is 16.0. The number of aryl methyl sites for hydroxylation is 2. The number of ether oxygens (including phenoxy) is 4. The fraction of sp³-hybridized carbons (Fsp3) is 0.538. The van der Waals surface area contributed by atoms with E-state index < -0.39 is 23.3 Å². The molecule has 0 amide bonds. The van der Waals surface area contributed by atoms with Gasteiger partial charge in [0.2, 0.25) is 0 Å². The lowest BCUT2D eigenvalue weighted by Crippen LogP contribution is -2.31. The van der Waals surface area contributed by atoms with Gasteiger partial charge in [0.1, 0.15) is 11.5 Å². The van der Waals surface area contributed by atoms with Gasteiger partial charge in [-0.1, -0.05) is 61.3 Å². The Kier molecular flexibility index (Phi) is 14.6. The van der Waals surface area contributed by atoms with Gasteiger partial charge in [0, 0.05) is 33.8 Å². The van der Waals surface area contributed by atoms with Gasteiger partial charge < -0.3 is 29.0 Å². The van der Waals surface area contributed by atoms with Crippen molar-refractivity contribution in [2.24, 2.45) is 0 Å². The smallest absolute Gasteiger partial charge is 0.468 e. The SMILES string of the molecule is Cc1cc(OCOCC[Si](C)(C)C)ccc1B(O)O.Cc1cc(OCOCC[Si](C)(C)C)ccc1Br. The third-order valence-corrected chi connectivity index (χ3v) is 9.56. The summed E-state index contributed by atoms with van der Waals surface area (Å²) in [6.07, 6.45) is 0. The van der Waals surface area contributed by atoms with Crippen LogP contribution in [0.5, 0.6) is 11.5 Å². The van der Waals surface area contributed by atoms with E-state index in [9.17, 15) is 0 Å². The molecule has 0 spiro atoms. The van der Waals surface area contributed by atoms with Gasteiger partial charge in [-0.3, -0.25) is 0 Å². The summed E-state index contributed by atoms with van der Waals surface area (Å²) in [5.41, 5.74) is 2.45. The fourth-order valence-corrected chi connectivity index (χ4v) is 4.59. The molecule has 2 aromatic rings. The maximum atomic E-state index is 9.11. The highest BCUT2D eigenvalue weighted by molar-refractivity contribution is 9.10. The highest BCUT2D eigenvalue weighted by Crippen LogP contribution is 2.21. The van der Waals surface area contributed by atoms with Crippen LogP contribution >= 0.6 is 15.9 Å². The lowest BCUT2D eigenvalue weighted by molar-refractivity contribution is 0.0218. The van der Waals surface area contributed by atoms with Crippen molar-refractivity contribution in [1.82, 2.24) is 0 Å². The Balaban J connectivity index is 0.000000362. The quantitative estimate of drug-likeness (QED) is 0.172. The van der Waals surface area contributed by atoms with E-state index in [-0.39, 0.29) is 6.79 Å². The lowest BCUT2D eigenvalue weighted by atomic mass is 9.77. The van der Waals surface area contributed by atoms with E-state index in [1.165, 1.54) is 11.6 Å². The number of hydrogen-bond acceptors (Lipinski definition) is 6. The summed E-state index contributed by atoms with van der Waals surface area (Å²) in [7, 11) is -3.48. The molecule has 0 saturated carbocycles. The molecular formula is C26H44BBrO6Si2. The molecule has 202 valence electrons. The van der Waals surface area contributed by atoms with Gasteiger partial charge in [-0.25, -0.2) is 0 Å². The van der Waals surface area contributed by atoms with Gasteiger partial charge in [-0.15, -0.1) is 0 Å². The average molecular weight is 600 g/mol. The van der Waals surface area contributed by atoms with Gasteiger partial charge in [0.25, 0.3) is 0 Å². The minimum Gasteiger partial charge on any atom is -0.468 e. The molecule has 10 heteroatoms. The van der Waals surface area contributed by atoms with E-state index >= 15 is 0 Å². The molecule has 0 aliphatic heterocycles. The fourth-order valence-electron chi connectivity index (χ4n) is 2.83. The number of hydrogen-bond donors (Lipinski definition) is 2. The zero-order valence-corrected chi connectivity index (χ0v) is 26.8. The van der Waals surface area contributed by atoms with Crippen molar-refractivity contribution in [2.75, 3.05) is 26.8 Å². The van der Waals surface area contributed by atoms with Crippen LogP contribution in [0.3, 0.4) is 0 Å². The maximum Gasteiger partial charge on any atom is 0.488 e. The first-order valence-corrected chi connectivity index (χ1v) is 20.5. The van der Waals surface area contributed by atoms with E-state index in [2.05, 4.69) is 55.2 Å². The summed E-state index contributed by atoms with van der Waals surface area (Å²) in [5.74, 6) is 1.54. The van der Waals surface area contributed by atoms with Gasteiger partial charge >= 0.3 is 7.12 Å². The standard InChI is InChI=1S/C13H23BO4Si.C13H21BrO2Si/c1-11-9-12(5-6-13(11)14(15)16)18-10-17-7-8-19(2,3)4;1-11-9-12(5-6-13(11)14)16-10-15-7-8-17(2,3)4/h5-6,9,15-16H,7-8,10H2,1-4H3;5-6,9H,7-8,10H2,1-4H3. The van der Waals surface area contributed by atoms with Gasteiger partial charge in [-0.05, 0) is 72.9 Å². The zero-order valence-electron chi connectivity index (χ0n) is 23.2. The molecule has 2 aromatic carbocycles. The van der Waals surface area contributed by atoms with E-state index in [0.717, 1.165) is 35.0 Å². The molecule has 0 saturated heterocycles. The van der Waals surface area contributed by atoms with Crippen LogP contribution in [-0.4, -0.2) is 60.1 Å². The molecule has 0 aliphatic carbocycles. The predicted molar refractivity (Wildman–Crippen MR) is 159 cm³/mol. The summed E-state index contributed by atoms with van der Waals surface area (Å²) in [6.45, 7) is 19.9. The first kappa shape index (κ1) is 32.9. The van der Waals surface area contributed by atoms with Crippen molar-refractivity contribution in [2.45, 2.75) is 65.2 Å². The normalized spacial score (nSPS) is 11.5. The second-order valence-electron chi connectivity index (χ2n) is 11.3. The molecular weight excluding hydrogens is 555 g/mol. The van der Waals surface area contributed by atoms with Gasteiger partial charge in [-0.2, -0.15) is 0 Å². The number of rotatable bonds is 13. The van der Waals surface area contributed by atoms with Crippen molar-refractivity contribution in [3.63, 3.8) is 0 Å². The molecule has 0 fully saturated rings. The van der Waals surface area contributed by atoms with Gasteiger partial charge in [0.05, 0.1) is 0 Å². The van der Waals surface area contributed by atoms with Crippen molar-refractivity contribution < 1.29 is 29.0 Å². The third-order valence-electron chi connectivity index (χ3n) is 5.26. The van der Waals surface area contributed by atoms with Crippen LogP contribution in [0.4, 0.5) is 0 Å². The minimum absolute atomic E-state index is 0.227. The molecule has 36 heavy (non-hydrogen) atoms. The topological polar surface area (TPSA) is 77.4 Å². The van der Waals surface area contributed by atoms with Crippen LogP contribution in [-0.2, 0) is 9.47 Å². The Morgan fingerprint density at radius 3 is 1.56 bits per heavy atom. The molecule has 0 atom stereocenters. The van der Waals surface area contributed by atoms with Crippen molar-refractivity contribution in [3.8, 4) is 11.5 Å². The van der Waals surface area contributed by atoms with Crippen molar-refractivity contribution >= 4 is 44.7 Å². The highest BCUT2D eigenvalue weighted by Gasteiger charge is 2.15. The monoisotopic (exact) mass is 598 g/mol. The Bertz CT molecular complexity index is 916. The Labute approximate surface area is 228 Å². The largest absolute Gasteiger partial charge is 0.488 e. The summed E-state index contributed by atoms with van der Waals surface area (Å²) in [4.78, 5) is 0. The molecule has 0 heterocycles. The summed E-state index contributed by atoms with van der Waals surface area (Å²) < 4.78 is 23.0. The van der Waals surface area contributed by atoms with Crippen LogP contribution in [0.2, 0.25) is 51.4 Å². The maximum absolute atomic E-state index is 9.11. The Morgan fingerprint density at radius 2 is 1.17 bits per heavy atom. The lowest BCUT2D eigenvalue weighted by Gasteiger charge is -2.15. The Morgan fingerprint density at radius 1 is 0.722 bits per heavy atom. The van der Waals surface area contributed by atoms with E-state index in [4.69, 9.17) is 29.0 Å². The molecule has 0 radical (unpaired) electrons. The number of benzene rings is 2. The molecule has 6 nitrogen and oxygen atoms in total. The van der Waals surface area contributed by atoms with Crippen molar-refractivity contribution in [3.05, 3.63) is 52.0 Å². The highest BCUT2D eigenvalue weighted by atomic mass is 79.9. The summed E-state index contributed by atoms with van der Waals surface area (Å²) in [6, 6.07) is 13.4. The molecule has 0 aromatic heterocycles. The van der Waals surface area contributed by atoms with Crippen LogP contribution in [0.25, 0.3) is 0 Å². The first-order valence-electron chi connectivity index (χ1n) is 12.3. The summed E-state index contributed by atoms with van der Waals surface area (Å²) in [5, 5.41) is 18.2. The van der Waals surface area contributed by atoms with Crippen LogP contribution in [0, 0.1) is 13.8 Å². The van der Waals surface area contributed by atoms with Crippen LogP contribution < -0.4 is 14.9 Å². The summed E-state index contributed by atoms with van der Waals surface area (Å²) >= 11 is 3.46. The van der Waals surface area contributed by atoms with Crippen LogP contribution in [0.1, 0.15) is 11.1 Å². The van der Waals surface area contributed by atoms with Crippen LogP contribution in [0.15, 0.2) is 40.9 Å². The molecule has 0 aliphatic rings. The average Bonchev–Trinajstić information content (AvgIpc) is 2.74. The molecule has 2 N–H and O–H groups in total. The minimum atomic E-state index is -1.44. The second-order valence-corrected chi connectivity index (χ2v) is 23.4. The zero-order chi connectivity index (χ0) is 27.4. The third kappa shape index (κ3) is 15.2. The Hall–Kier alpha value is -1.14. The van der Waals surface area contributed by atoms with Crippen molar-refractivity contribution in [1.29, 1.82) is 0 Å². The molecule has 0 bridgehead atoms. The van der Waals surface area contributed by atoms with E-state index in [0.29, 0.717) is 18.0 Å². The van der Waals surface area contributed by atoms with E-state index in [1.807, 2.05) is 32.0 Å². The molecule has 0 unspecified atom stereocenters. The molecule has 2 rings (SSSR count). The van der Waals surface area contributed by atoms with E-state index in [1.54, 1.807) is 18.2 Å².